The van der Waals surface area contributed by atoms with E-state index in [1.54, 1.807) is 6.07 Å². The van der Waals surface area contributed by atoms with E-state index in [0.29, 0.717) is 11.6 Å². The van der Waals surface area contributed by atoms with Gasteiger partial charge >= 0.3 is 0 Å². The molecule has 10 aromatic rings. The van der Waals surface area contributed by atoms with E-state index in [1.165, 1.54) is 43.8 Å². The minimum Gasteiger partial charge on any atom is -0.455 e. The Morgan fingerprint density at radius 2 is 0.827 bits per heavy atom. The molecule has 10 rings (SSSR count). The van der Waals surface area contributed by atoms with Crippen molar-refractivity contribution in [2.45, 2.75) is 0 Å². The highest BCUT2D eigenvalue weighted by Crippen LogP contribution is 2.45. The second-order valence-electron chi connectivity index (χ2n) is 13.2. The maximum atomic E-state index is 8.55. The van der Waals surface area contributed by atoms with Crippen molar-refractivity contribution in [1.82, 2.24) is 0 Å². The number of furan rings is 1. The molecule has 0 aliphatic rings. The third-order valence-electron chi connectivity index (χ3n) is 10.2. The van der Waals surface area contributed by atoms with E-state index >= 15 is 0 Å². The summed E-state index contributed by atoms with van der Waals surface area (Å²) < 4.78 is 15.1. The van der Waals surface area contributed by atoms with Crippen molar-refractivity contribution in [1.29, 1.82) is 0 Å². The van der Waals surface area contributed by atoms with E-state index in [4.69, 9.17) is 5.79 Å². The summed E-state index contributed by atoms with van der Waals surface area (Å²) in [5, 5.41) is 6.90. The van der Waals surface area contributed by atoms with Gasteiger partial charge in [0.1, 0.15) is 11.2 Å². The van der Waals surface area contributed by atoms with Crippen molar-refractivity contribution in [3.63, 3.8) is 0 Å². The standard InChI is InChI=1S/C50H33NO/c1-3-16-40-34(12-1)14-9-20-42(40)36-26-30-38(31-27-36)51(39-32-28-37(29-33-39)43-21-10-15-35-13-2-4-17-41(35)43)48-24-7-5-18-44(48)46-22-11-23-47-45-19-6-8-25-49(45)52-50(46)47/h1-33H/i25D. The maximum Gasteiger partial charge on any atom is 0.143 e. The molecule has 1 heterocycles. The summed E-state index contributed by atoms with van der Waals surface area (Å²) in [6.07, 6.45) is 0. The van der Waals surface area contributed by atoms with Gasteiger partial charge in [0.05, 0.1) is 7.06 Å². The van der Waals surface area contributed by atoms with Crippen molar-refractivity contribution in [2.24, 2.45) is 0 Å². The molecule has 0 saturated heterocycles. The number of hydrogen-bond donors (Lipinski definition) is 0. The third-order valence-corrected chi connectivity index (χ3v) is 10.2. The summed E-state index contributed by atoms with van der Waals surface area (Å²) in [4.78, 5) is 2.34. The summed E-state index contributed by atoms with van der Waals surface area (Å²) >= 11 is 0. The Kier molecular flexibility index (Phi) is 6.92. The first kappa shape index (κ1) is 28.9. The van der Waals surface area contributed by atoms with Gasteiger partial charge in [0.25, 0.3) is 0 Å². The highest BCUT2D eigenvalue weighted by atomic mass is 16.3. The quantitative estimate of drug-likeness (QED) is 0.176. The lowest BCUT2D eigenvalue weighted by molar-refractivity contribution is 0.670. The van der Waals surface area contributed by atoms with E-state index < -0.39 is 0 Å². The van der Waals surface area contributed by atoms with E-state index in [-0.39, 0.29) is 0 Å². The first-order valence-corrected chi connectivity index (χ1v) is 17.7. The molecular formula is C50H33NO. The van der Waals surface area contributed by atoms with Crippen LogP contribution in [-0.4, -0.2) is 0 Å². The van der Waals surface area contributed by atoms with Crippen molar-refractivity contribution in [2.75, 3.05) is 4.90 Å². The van der Waals surface area contributed by atoms with E-state index in [9.17, 15) is 0 Å². The molecule has 0 spiro atoms. The Hall–Kier alpha value is -6.90. The fraction of sp³-hybridized carbons (Fsp3) is 0. The second kappa shape index (κ2) is 12.5. The zero-order valence-electron chi connectivity index (χ0n) is 29.3. The number of hydrogen-bond acceptors (Lipinski definition) is 2. The molecule has 0 radical (unpaired) electrons. The molecule has 0 atom stereocenters. The van der Waals surface area contributed by atoms with Crippen molar-refractivity contribution in [3.8, 4) is 33.4 Å². The van der Waals surface area contributed by atoms with Crippen LogP contribution in [0.4, 0.5) is 17.1 Å². The van der Waals surface area contributed by atoms with Gasteiger partial charge in [-0.25, -0.2) is 0 Å². The van der Waals surface area contributed by atoms with E-state index in [1.807, 2.05) is 12.1 Å². The fourth-order valence-electron chi connectivity index (χ4n) is 7.75. The first-order chi connectivity index (χ1) is 26.2. The fourth-order valence-corrected chi connectivity index (χ4v) is 7.75. The Morgan fingerprint density at radius 1 is 0.365 bits per heavy atom. The minimum absolute atomic E-state index is 0.386. The number of anilines is 3. The second-order valence-corrected chi connectivity index (χ2v) is 13.2. The average molecular weight is 665 g/mol. The Balaban J connectivity index is 1.15. The van der Waals surface area contributed by atoms with Gasteiger partial charge < -0.3 is 9.32 Å². The monoisotopic (exact) mass is 664 g/mol. The molecule has 2 heteroatoms. The molecule has 0 fully saturated rings. The molecule has 1 aromatic heterocycles. The van der Waals surface area contributed by atoms with Gasteiger partial charge in [-0.15, -0.1) is 0 Å². The molecule has 244 valence electrons. The van der Waals surface area contributed by atoms with Crippen LogP contribution in [0, 0.1) is 0 Å². The van der Waals surface area contributed by atoms with Crippen LogP contribution in [-0.2, 0) is 0 Å². The summed E-state index contributed by atoms with van der Waals surface area (Å²) in [6.45, 7) is 0. The van der Waals surface area contributed by atoms with Gasteiger partial charge in [0, 0.05) is 33.3 Å². The van der Waals surface area contributed by atoms with Gasteiger partial charge in [0.2, 0.25) is 0 Å². The topological polar surface area (TPSA) is 16.4 Å². The molecule has 9 aromatic carbocycles. The van der Waals surface area contributed by atoms with Crippen molar-refractivity contribution >= 4 is 60.5 Å². The Morgan fingerprint density at radius 3 is 1.48 bits per heavy atom. The predicted molar refractivity (Wildman–Crippen MR) is 220 cm³/mol. The number of benzene rings is 9. The van der Waals surface area contributed by atoms with Crippen molar-refractivity contribution in [3.05, 3.63) is 200 Å². The largest absolute Gasteiger partial charge is 0.455 e. The summed E-state index contributed by atoms with van der Waals surface area (Å²) in [7, 11) is 0. The number of nitrogens with zero attached hydrogens (tertiary/aromatic N) is 1. The zero-order chi connectivity index (χ0) is 35.3. The lowest BCUT2D eigenvalue weighted by atomic mass is 9.96. The molecule has 0 amide bonds. The molecular weight excluding hydrogens is 631 g/mol. The van der Waals surface area contributed by atoms with Gasteiger partial charge in [-0.1, -0.05) is 164 Å². The minimum atomic E-state index is 0.386. The zero-order valence-corrected chi connectivity index (χ0v) is 28.3. The normalized spacial score (nSPS) is 11.7. The molecule has 0 saturated carbocycles. The Labute approximate surface area is 303 Å². The summed E-state index contributed by atoms with van der Waals surface area (Å²) in [5.74, 6) is 0. The van der Waals surface area contributed by atoms with Crippen LogP contribution in [0.1, 0.15) is 1.37 Å². The lowest BCUT2D eigenvalue weighted by Crippen LogP contribution is -2.11. The lowest BCUT2D eigenvalue weighted by Gasteiger charge is -2.28. The number of fused-ring (bicyclic) bond motifs is 5. The molecule has 2 nitrogen and oxygen atoms in total. The number of rotatable bonds is 6. The predicted octanol–water partition coefficient (Wildman–Crippen LogP) is 14.4. The molecule has 0 aliphatic carbocycles. The molecule has 0 aliphatic heterocycles. The van der Waals surface area contributed by atoms with Crippen LogP contribution in [0.25, 0.3) is 76.9 Å². The van der Waals surface area contributed by atoms with Crippen LogP contribution >= 0.6 is 0 Å². The molecule has 0 N–H and O–H groups in total. The van der Waals surface area contributed by atoms with Crippen LogP contribution in [0.3, 0.4) is 0 Å². The molecule has 52 heavy (non-hydrogen) atoms. The highest BCUT2D eigenvalue weighted by Gasteiger charge is 2.20. The van der Waals surface area contributed by atoms with Crippen LogP contribution < -0.4 is 4.90 Å². The van der Waals surface area contributed by atoms with Crippen molar-refractivity contribution < 1.29 is 5.79 Å². The highest BCUT2D eigenvalue weighted by molar-refractivity contribution is 6.11. The molecule has 0 bridgehead atoms. The molecule has 0 unspecified atom stereocenters. The first-order valence-electron chi connectivity index (χ1n) is 18.2. The summed E-state index contributed by atoms with van der Waals surface area (Å²) in [6, 6.07) is 68.9. The average Bonchev–Trinajstić information content (AvgIpc) is 3.62. The van der Waals surface area contributed by atoms with Gasteiger partial charge in [-0.2, -0.15) is 0 Å². The number of para-hydroxylation sites is 3. The Bertz CT molecular complexity index is 2830. The maximum absolute atomic E-state index is 8.55. The van der Waals surface area contributed by atoms with E-state index in [0.717, 1.165) is 44.5 Å². The third kappa shape index (κ3) is 5.04. The summed E-state index contributed by atoms with van der Waals surface area (Å²) in [5.41, 5.74) is 11.3. The van der Waals surface area contributed by atoms with Crippen LogP contribution in [0.2, 0.25) is 0 Å². The van der Waals surface area contributed by atoms with E-state index in [2.05, 4.69) is 181 Å². The van der Waals surface area contributed by atoms with Gasteiger partial charge in [-0.05, 0) is 80.2 Å². The van der Waals surface area contributed by atoms with Crippen LogP contribution in [0.15, 0.2) is 205 Å². The van der Waals surface area contributed by atoms with Gasteiger partial charge in [-0.3, -0.25) is 0 Å². The van der Waals surface area contributed by atoms with Crippen LogP contribution in [0.5, 0.6) is 0 Å². The van der Waals surface area contributed by atoms with Gasteiger partial charge in [0.15, 0.2) is 0 Å². The SMILES string of the molecule is [2H]c1cccc2c1oc1c(-c3ccccc3N(c3ccc(-c4cccc5ccccc45)cc3)c3ccc(-c4cccc5ccccc45)cc3)cccc12. The smallest absolute Gasteiger partial charge is 0.143 e.